The molecule has 82 valence electrons. The van der Waals surface area contributed by atoms with Gasteiger partial charge in [0.25, 0.3) is 0 Å². The third-order valence-corrected chi connectivity index (χ3v) is 2.21. The molecule has 0 unspecified atom stereocenters. The Kier molecular flexibility index (Phi) is 3.77. The fraction of sp³-hybridized carbons (Fsp3) is 0.875. The molecule has 0 amide bonds. The number of hydrogen-bond acceptors (Lipinski definition) is 3. The standard InChI is InChI=1S/C8H14F2N2O2/c9-8(10,7(13)14)6-11-2-5-12-3-1-4-12/h11H,1-6H2,(H,13,14). The van der Waals surface area contributed by atoms with Gasteiger partial charge in [0.1, 0.15) is 0 Å². The Labute approximate surface area is 80.9 Å². The van der Waals surface area contributed by atoms with Crippen molar-refractivity contribution in [2.24, 2.45) is 0 Å². The van der Waals surface area contributed by atoms with Crippen LogP contribution >= 0.6 is 0 Å². The number of nitrogens with one attached hydrogen (secondary N) is 1. The maximum Gasteiger partial charge on any atom is 0.375 e. The average molecular weight is 208 g/mol. The summed E-state index contributed by atoms with van der Waals surface area (Å²) in [6, 6.07) is 0. The van der Waals surface area contributed by atoms with E-state index in [2.05, 4.69) is 10.2 Å². The summed E-state index contributed by atoms with van der Waals surface area (Å²) >= 11 is 0. The first-order valence-corrected chi connectivity index (χ1v) is 4.57. The zero-order chi connectivity index (χ0) is 10.6. The van der Waals surface area contributed by atoms with Crippen molar-refractivity contribution >= 4 is 5.97 Å². The Bertz CT molecular complexity index is 208. The molecule has 1 rings (SSSR count). The summed E-state index contributed by atoms with van der Waals surface area (Å²) in [6.45, 7) is 2.34. The molecule has 14 heavy (non-hydrogen) atoms. The predicted octanol–water partition coefficient (Wildman–Crippen LogP) is 0.00160. The van der Waals surface area contributed by atoms with Crippen molar-refractivity contribution in [1.29, 1.82) is 0 Å². The van der Waals surface area contributed by atoms with Crippen molar-refractivity contribution in [3.63, 3.8) is 0 Å². The van der Waals surface area contributed by atoms with Crippen LogP contribution in [0.2, 0.25) is 0 Å². The molecule has 1 heterocycles. The predicted molar refractivity (Wildman–Crippen MR) is 46.5 cm³/mol. The number of hydrogen-bond donors (Lipinski definition) is 2. The Morgan fingerprint density at radius 3 is 2.57 bits per heavy atom. The second-order valence-electron chi connectivity index (χ2n) is 3.38. The molecule has 1 fully saturated rings. The van der Waals surface area contributed by atoms with Crippen molar-refractivity contribution in [3.8, 4) is 0 Å². The van der Waals surface area contributed by atoms with Crippen LogP contribution in [0.4, 0.5) is 8.78 Å². The minimum Gasteiger partial charge on any atom is -0.477 e. The normalized spacial score (nSPS) is 17.9. The maximum atomic E-state index is 12.5. The van der Waals surface area contributed by atoms with Gasteiger partial charge in [-0.2, -0.15) is 8.78 Å². The van der Waals surface area contributed by atoms with E-state index >= 15 is 0 Å². The maximum absolute atomic E-state index is 12.5. The van der Waals surface area contributed by atoms with Crippen molar-refractivity contribution in [2.45, 2.75) is 12.3 Å². The van der Waals surface area contributed by atoms with Crippen LogP contribution in [0.3, 0.4) is 0 Å². The molecule has 1 aliphatic heterocycles. The van der Waals surface area contributed by atoms with E-state index in [0.29, 0.717) is 13.1 Å². The van der Waals surface area contributed by atoms with Crippen molar-refractivity contribution in [1.82, 2.24) is 10.2 Å². The fourth-order valence-electron chi connectivity index (χ4n) is 1.16. The van der Waals surface area contributed by atoms with Crippen LogP contribution in [-0.2, 0) is 4.79 Å². The van der Waals surface area contributed by atoms with Crippen LogP contribution in [0.1, 0.15) is 6.42 Å². The quantitative estimate of drug-likeness (QED) is 0.603. The van der Waals surface area contributed by atoms with Crippen molar-refractivity contribution in [3.05, 3.63) is 0 Å². The van der Waals surface area contributed by atoms with Gasteiger partial charge in [-0.3, -0.25) is 0 Å². The zero-order valence-electron chi connectivity index (χ0n) is 7.80. The van der Waals surface area contributed by atoms with Crippen molar-refractivity contribution in [2.75, 3.05) is 32.7 Å². The molecule has 0 aliphatic carbocycles. The third-order valence-electron chi connectivity index (χ3n) is 2.21. The van der Waals surface area contributed by atoms with Gasteiger partial charge in [-0.25, -0.2) is 4.79 Å². The highest BCUT2D eigenvalue weighted by molar-refractivity contribution is 5.75. The Morgan fingerprint density at radius 1 is 1.50 bits per heavy atom. The van der Waals surface area contributed by atoms with E-state index in [1.165, 1.54) is 0 Å². The van der Waals surface area contributed by atoms with Crippen LogP contribution in [-0.4, -0.2) is 54.6 Å². The van der Waals surface area contributed by atoms with Crippen LogP contribution in [0, 0.1) is 0 Å². The number of aliphatic carboxylic acids is 1. The highest BCUT2D eigenvalue weighted by Gasteiger charge is 2.38. The molecule has 1 saturated heterocycles. The number of rotatable bonds is 6. The average Bonchev–Trinajstić information content (AvgIpc) is 2.00. The lowest BCUT2D eigenvalue weighted by Gasteiger charge is -2.30. The van der Waals surface area contributed by atoms with Gasteiger partial charge in [0.2, 0.25) is 0 Å². The molecule has 2 N–H and O–H groups in total. The lowest BCUT2D eigenvalue weighted by Crippen LogP contribution is -2.45. The van der Waals surface area contributed by atoms with Crippen LogP contribution in [0.5, 0.6) is 0 Å². The van der Waals surface area contributed by atoms with Gasteiger partial charge in [0.15, 0.2) is 0 Å². The second kappa shape index (κ2) is 4.65. The van der Waals surface area contributed by atoms with Crippen LogP contribution in [0.25, 0.3) is 0 Å². The highest BCUT2D eigenvalue weighted by atomic mass is 19.3. The minimum atomic E-state index is -3.66. The monoisotopic (exact) mass is 208 g/mol. The highest BCUT2D eigenvalue weighted by Crippen LogP contribution is 2.11. The zero-order valence-corrected chi connectivity index (χ0v) is 7.80. The third kappa shape index (κ3) is 3.19. The molecule has 0 aromatic heterocycles. The second-order valence-corrected chi connectivity index (χ2v) is 3.38. The molecule has 0 saturated carbocycles. The Balaban J connectivity index is 2.04. The largest absolute Gasteiger partial charge is 0.477 e. The van der Waals surface area contributed by atoms with Gasteiger partial charge in [-0.15, -0.1) is 0 Å². The number of carboxylic acid groups (broad SMARTS) is 1. The SMILES string of the molecule is O=C(O)C(F)(F)CNCCN1CCC1. The van der Waals surface area contributed by atoms with E-state index < -0.39 is 18.4 Å². The smallest absolute Gasteiger partial charge is 0.375 e. The van der Waals surface area contributed by atoms with Gasteiger partial charge in [-0.1, -0.05) is 0 Å². The van der Waals surface area contributed by atoms with E-state index in [4.69, 9.17) is 5.11 Å². The molecule has 1 aliphatic rings. The fourth-order valence-corrected chi connectivity index (χ4v) is 1.16. The van der Waals surface area contributed by atoms with Gasteiger partial charge in [0, 0.05) is 13.1 Å². The Morgan fingerprint density at radius 2 is 2.14 bits per heavy atom. The van der Waals surface area contributed by atoms with Crippen LogP contribution in [0.15, 0.2) is 0 Å². The molecule has 4 nitrogen and oxygen atoms in total. The first kappa shape index (κ1) is 11.3. The number of likely N-dealkylation sites (tertiary alicyclic amines) is 1. The topological polar surface area (TPSA) is 52.6 Å². The van der Waals surface area contributed by atoms with E-state index in [-0.39, 0.29) is 0 Å². The van der Waals surface area contributed by atoms with E-state index in [0.717, 1.165) is 19.5 Å². The molecule has 0 radical (unpaired) electrons. The summed E-state index contributed by atoms with van der Waals surface area (Å²) in [6.07, 6.45) is 1.16. The summed E-state index contributed by atoms with van der Waals surface area (Å²) < 4.78 is 25.0. The minimum absolute atomic E-state index is 0.406. The van der Waals surface area contributed by atoms with Gasteiger partial charge >= 0.3 is 11.9 Å². The number of nitrogens with zero attached hydrogens (tertiary/aromatic N) is 1. The van der Waals surface area contributed by atoms with E-state index in [9.17, 15) is 13.6 Å². The van der Waals surface area contributed by atoms with Gasteiger partial charge in [0.05, 0.1) is 6.54 Å². The lowest BCUT2D eigenvalue weighted by molar-refractivity contribution is -0.164. The summed E-state index contributed by atoms with van der Waals surface area (Å²) in [4.78, 5) is 12.1. The number of carboxylic acids is 1. The molecular weight excluding hydrogens is 194 g/mol. The number of carbonyl (C=O) groups is 1. The Hall–Kier alpha value is -0.750. The summed E-state index contributed by atoms with van der Waals surface area (Å²) in [7, 11) is 0. The molecule has 0 atom stereocenters. The lowest BCUT2D eigenvalue weighted by atomic mass is 10.2. The molecule has 0 bridgehead atoms. The summed E-state index contributed by atoms with van der Waals surface area (Å²) in [5, 5.41) is 10.5. The number of alkyl halides is 2. The van der Waals surface area contributed by atoms with Gasteiger partial charge < -0.3 is 15.3 Å². The first-order valence-electron chi connectivity index (χ1n) is 4.57. The van der Waals surface area contributed by atoms with Crippen LogP contribution < -0.4 is 5.32 Å². The summed E-state index contributed by atoms with van der Waals surface area (Å²) in [5.41, 5.74) is 0. The molecule has 0 aromatic rings. The molecule has 0 aromatic carbocycles. The first-order chi connectivity index (χ1) is 6.52. The van der Waals surface area contributed by atoms with Crippen molar-refractivity contribution < 1.29 is 18.7 Å². The molecule has 0 spiro atoms. The van der Waals surface area contributed by atoms with E-state index in [1.807, 2.05) is 0 Å². The molecule has 6 heteroatoms. The molecular formula is C8H14F2N2O2. The summed E-state index contributed by atoms with van der Waals surface area (Å²) in [5.74, 6) is -5.73. The van der Waals surface area contributed by atoms with E-state index in [1.54, 1.807) is 0 Å². The van der Waals surface area contributed by atoms with Gasteiger partial charge in [-0.05, 0) is 19.5 Å². The number of halogens is 2.